The molecule has 1 saturated heterocycles. The first kappa shape index (κ1) is 20.6. The lowest BCUT2D eigenvalue weighted by Crippen LogP contribution is -2.47. The Morgan fingerprint density at radius 3 is 2.59 bits per heavy atom. The van der Waals surface area contributed by atoms with Crippen molar-refractivity contribution in [1.29, 1.82) is 0 Å². The summed E-state index contributed by atoms with van der Waals surface area (Å²) in [7, 11) is -3.03. The quantitative estimate of drug-likeness (QED) is 0.644. The van der Waals surface area contributed by atoms with Gasteiger partial charge in [0.1, 0.15) is 0 Å². The first-order valence-corrected chi connectivity index (χ1v) is 13.4. The Bertz CT molecular complexity index is 943. The molecule has 1 aliphatic heterocycles. The monoisotopic (exact) mass is 452 g/mol. The molecule has 156 valence electrons. The van der Waals surface area contributed by atoms with Crippen molar-refractivity contribution in [2.24, 2.45) is 0 Å². The van der Waals surface area contributed by atoms with Crippen LogP contribution < -0.4 is 5.32 Å². The molecule has 1 N–H and O–H groups in total. The number of para-hydroxylation sites is 1. The van der Waals surface area contributed by atoms with Crippen molar-refractivity contribution in [3.63, 3.8) is 0 Å². The minimum absolute atomic E-state index is 0.0109. The largest absolute Gasteiger partial charge is 0.335 e. The number of hydrogen-bond acceptors (Lipinski definition) is 8. The van der Waals surface area contributed by atoms with E-state index in [1.54, 1.807) is 0 Å². The van der Waals surface area contributed by atoms with Gasteiger partial charge in [-0.25, -0.2) is 8.42 Å². The van der Waals surface area contributed by atoms with Gasteiger partial charge in [0, 0.05) is 17.8 Å². The number of hydrogen-bond donors (Lipinski definition) is 1. The molecule has 0 bridgehead atoms. The number of carbonyl (C=O) groups is 1. The maximum atomic E-state index is 13.1. The Morgan fingerprint density at radius 1 is 1.14 bits per heavy atom. The van der Waals surface area contributed by atoms with Crippen LogP contribution in [0.5, 0.6) is 0 Å². The van der Waals surface area contributed by atoms with Crippen LogP contribution in [-0.4, -0.2) is 58.8 Å². The molecule has 7 nitrogen and oxygen atoms in total. The fraction of sp³-hybridized carbons (Fsp3) is 0.526. The van der Waals surface area contributed by atoms with Crippen molar-refractivity contribution < 1.29 is 13.2 Å². The number of thioether (sulfide) groups is 1. The van der Waals surface area contributed by atoms with E-state index in [0.29, 0.717) is 11.6 Å². The van der Waals surface area contributed by atoms with Gasteiger partial charge in [0.05, 0.1) is 17.3 Å². The van der Waals surface area contributed by atoms with Gasteiger partial charge in [0.2, 0.25) is 11.0 Å². The molecule has 2 fully saturated rings. The van der Waals surface area contributed by atoms with Gasteiger partial charge in [0.25, 0.3) is 0 Å². The van der Waals surface area contributed by atoms with Gasteiger partial charge < -0.3 is 10.2 Å². The summed E-state index contributed by atoms with van der Waals surface area (Å²) >= 11 is 2.78. The summed E-state index contributed by atoms with van der Waals surface area (Å²) < 4.78 is 24.6. The maximum Gasteiger partial charge on any atom is 0.233 e. The van der Waals surface area contributed by atoms with Crippen molar-refractivity contribution in [3.05, 3.63) is 30.3 Å². The molecule has 0 radical (unpaired) electrons. The summed E-state index contributed by atoms with van der Waals surface area (Å²) in [5.74, 6) is 0.556. The number of carbonyl (C=O) groups excluding carboxylic acids is 1. The number of nitrogens with one attached hydrogen (secondary N) is 1. The Morgan fingerprint density at radius 2 is 1.90 bits per heavy atom. The van der Waals surface area contributed by atoms with Crippen LogP contribution in [0.25, 0.3) is 0 Å². The number of rotatable bonds is 7. The Hall–Kier alpha value is -1.65. The smallest absolute Gasteiger partial charge is 0.233 e. The van der Waals surface area contributed by atoms with E-state index < -0.39 is 9.84 Å². The lowest BCUT2D eigenvalue weighted by Gasteiger charge is -2.34. The molecule has 2 heterocycles. The van der Waals surface area contributed by atoms with E-state index in [9.17, 15) is 13.2 Å². The minimum Gasteiger partial charge on any atom is -0.335 e. The molecular formula is C19H24N4O3S3. The van der Waals surface area contributed by atoms with Gasteiger partial charge in [-0.1, -0.05) is 54.1 Å². The highest BCUT2D eigenvalue weighted by Gasteiger charge is 2.38. The van der Waals surface area contributed by atoms with Crippen molar-refractivity contribution in [2.75, 3.05) is 22.6 Å². The van der Waals surface area contributed by atoms with E-state index in [0.717, 1.165) is 35.7 Å². The summed E-state index contributed by atoms with van der Waals surface area (Å²) in [5, 5.41) is 12.2. The third-order valence-corrected chi connectivity index (χ3v) is 9.07. The predicted octanol–water partition coefficient (Wildman–Crippen LogP) is 3.33. The van der Waals surface area contributed by atoms with Crippen LogP contribution in [0.15, 0.2) is 34.7 Å². The number of sulfone groups is 1. The van der Waals surface area contributed by atoms with Crippen LogP contribution in [0.3, 0.4) is 0 Å². The van der Waals surface area contributed by atoms with E-state index in [-0.39, 0.29) is 35.2 Å². The predicted molar refractivity (Wildman–Crippen MR) is 117 cm³/mol. The minimum atomic E-state index is -3.03. The highest BCUT2D eigenvalue weighted by Crippen LogP contribution is 2.32. The molecule has 1 aromatic heterocycles. The third-order valence-electron chi connectivity index (χ3n) is 5.36. The van der Waals surface area contributed by atoms with E-state index in [1.165, 1.54) is 23.1 Å². The second kappa shape index (κ2) is 9.01. The molecule has 1 atom stereocenters. The molecule has 0 spiro atoms. The Labute approximate surface area is 179 Å². The SMILES string of the molecule is O=C(CSc1nnc(Nc2ccccc2)s1)N(C1CCCC1)[C@H]1CCS(=O)(=O)C1. The van der Waals surface area contributed by atoms with Crippen molar-refractivity contribution >= 4 is 49.7 Å². The fourth-order valence-corrected chi connectivity index (χ4v) is 7.40. The van der Waals surface area contributed by atoms with E-state index in [2.05, 4.69) is 15.5 Å². The molecule has 1 aliphatic carbocycles. The molecule has 10 heteroatoms. The van der Waals surface area contributed by atoms with Crippen molar-refractivity contribution in [3.8, 4) is 0 Å². The van der Waals surface area contributed by atoms with Crippen molar-refractivity contribution in [1.82, 2.24) is 15.1 Å². The van der Waals surface area contributed by atoms with E-state index >= 15 is 0 Å². The standard InChI is InChI=1S/C19H24N4O3S3/c24-17(23(15-8-4-5-9-15)16-10-11-29(25,26)13-16)12-27-19-22-21-18(28-19)20-14-6-2-1-3-7-14/h1-3,6-7,15-16H,4-5,8-13H2,(H,20,21)/t16-/m0/s1. The molecule has 2 aliphatic rings. The first-order valence-electron chi connectivity index (χ1n) is 9.80. The molecule has 1 saturated carbocycles. The zero-order valence-corrected chi connectivity index (χ0v) is 18.4. The average Bonchev–Trinajstić information content (AvgIpc) is 3.44. The zero-order chi connectivity index (χ0) is 20.3. The Balaban J connectivity index is 1.38. The van der Waals surface area contributed by atoms with Crippen LogP contribution >= 0.6 is 23.1 Å². The van der Waals surface area contributed by atoms with E-state index in [4.69, 9.17) is 0 Å². The van der Waals surface area contributed by atoms with Gasteiger partial charge in [-0.2, -0.15) is 0 Å². The average molecular weight is 453 g/mol. The number of benzene rings is 1. The highest BCUT2D eigenvalue weighted by atomic mass is 32.2. The van der Waals surface area contributed by atoms with E-state index in [1.807, 2.05) is 35.2 Å². The molecule has 1 amide bonds. The van der Waals surface area contributed by atoms with Gasteiger partial charge >= 0.3 is 0 Å². The maximum absolute atomic E-state index is 13.1. The third kappa shape index (κ3) is 5.29. The second-order valence-corrected chi connectivity index (χ2v) is 11.9. The molecule has 1 aromatic carbocycles. The van der Waals surface area contributed by atoms with Gasteiger partial charge in [-0.3, -0.25) is 4.79 Å². The van der Waals surface area contributed by atoms with Crippen LogP contribution in [0.1, 0.15) is 32.1 Å². The molecule has 2 aromatic rings. The number of aromatic nitrogens is 2. The van der Waals surface area contributed by atoms with Gasteiger partial charge in [0.15, 0.2) is 14.2 Å². The summed E-state index contributed by atoms with van der Waals surface area (Å²) in [6, 6.07) is 9.73. The summed E-state index contributed by atoms with van der Waals surface area (Å²) in [5.41, 5.74) is 0.936. The topological polar surface area (TPSA) is 92.3 Å². The fourth-order valence-electron chi connectivity index (χ4n) is 4.04. The summed E-state index contributed by atoms with van der Waals surface area (Å²) in [4.78, 5) is 14.9. The lowest BCUT2D eigenvalue weighted by atomic mass is 10.1. The first-order chi connectivity index (χ1) is 14.0. The lowest BCUT2D eigenvalue weighted by molar-refractivity contribution is -0.132. The molecular weight excluding hydrogens is 428 g/mol. The van der Waals surface area contributed by atoms with Crippen LogP contribution in [-0.2, 0) is 14.6 Å². The van der Waals surface area contributed by atoms with Gasteiger partial charge in [-0.15, -0.1) is 10.2 Å². The molecule has 0 unspecified atom stereocenters. The highest BCUT2D eigenvalue weighted by molar-refractivity contribution is 8.01. The molecule has 29 heavy (non-hydrogen) atoms. The summed E-state index contributed by atoms with van der Waals surface area (Å²) in [6.07, 6.45) is 4.70. The summed E-state index contributed by atoms with van der Waals surface area (Å²) in [6.45, 7) is 0. The van der Waals surface area contributed by atoms with Crippen molar-refractivity contribution in [2.45, 2.75) is 48.5 Å². The Kier molecular flexibility index (Phi) is 6.41. The number of anilines is 2. The number of amides is 1. The van der Waals surface area contributed by atoms with Crippen LogP contribution in [0.2, 0.25) is 0 Å². The molecule has 4 rings (SSSR count). The van der Waals surface area contributed by atoms with Crippen LogP contribution in [0.4, 0.5) is 10.8 Å². The van der Waals surface area contributed by atoms with Crippen LogP contribution in [0, 0.1) is 0 Å². The zero-order valence-electron chi connectivity index (χ0n) is 16.0. The second-order valence-electron chi connectivity index (χ2n) is 7.45. The number of nitrogens with zero attached hydrogens (tertiary/aromatic N) is 3. The van der Waals surface area contributed by atoms with Gasteiger partial charge in [-0.05, 0) is 31.4 Å². The normalized spacial score (nSPS) is 21.3.